The first-order valence-corrected chi connectivity index (χ1v) is 4.02. The summed E-state index contributed by atoms with van der Waals surface area (Å²) in [5.41, 5.74) is 0.0417. The van der Waals surface area contributed by atoms with Gasteiger partial charge in [0.25, 0.3) is 0 Å². The lowest BCUT2D eigenvalue weighted by Gasteiger charge is -2.14. The van der Waals surface area contributed by atoms with E-state index in [2.05, 4.69) is 4.74 Å². The number of esters is 1. The van der Waals surface area contributed by atoms with Crippen LogP contribution < -0.4 is 0 Å². The summed E-state index contributed by atoms with van der Waals surface area (Å²) in [6.07, 6.45) is 0. The summed E-state index contributed by atoms with van der Waals surface area (Å²) in [6, 6.07) is 0. The van der Waals surface area contributed by atoms with Crippen LogP contribution in [0.4, 0.5) is 0 Å². The van der Waals surface area contributed by atoms with Gasteiger partial charge in [0.05, 0.1) is 12.2 Å². The standard InChI is InChI=1S/C5H12O.C4H8O2/c1-5(2,3)6-4;1-3-6-4(2)5/h1-4H3;3H2,1-2H3. The van der Waals surface area contributed by atoms with E-state index in [4.69, 9.17) is 4.74 Å². The van der Waals surface area contributed by atoms with Gasteiger partial charge in [-0.3, -0.25) is 4.79 Å². The molecule has 0 aromatic carbocycles. The lowest BCUT2D eigenvalue weighted by atomic mass is 10.2. The second-order valence-electron chi connectivity index (χ2n) is 3.24. The van der Waals surface area contributed by atoms with E-state index in [1.807, 2.05) is 20.8 Å². The van der Waals surface area contributed by atoms with Crippen LogP contribution in [0, 0.1) is 0 Å². The van der Waals surface area contributed by atoms with Gasteiger partial charge < -0.3 is 9.47 Å². The number of ether oxygens (including phenoxy) is 2. The minimum atomic E-state index is -0.211. The van der Waals surface area contributed by atoms with E-state index in [0.29, 0.717) is 6.61 Å². The highest BCUT2D eigenvalue weighted by molar-refractivity contribution is 5.65. The molecule has 0 aliphatic carbocycles. The Morgan fingerprint density at radius 3 is 1.67 bits per heavy atom. The molecule has 0 aliphatic rings. The molecule has 0 N–H and O–H groups in total. The van der Waals surface area contributed by atoms with Crippen LogP contribution in [0.3, 0.4) is 0 Å². The second-order valence-corrected chi connectivity index (χ2v) is 3.24. The van der Waals surface area contributed by atoms with Crippen LogP contribution in [0.2, 0.25) is 0 Å². The van der Waals surface area contributed by atoms with Crippen LogP contribution in [0.1, 0.15) is 34.6 Å². The van der Waals surface area contributed by atoms with E-state index in [-0.39, 0.29) is 11.6 Å². The van der Waals surface area contributed by atoms with Gasteiger partial charge in [-0.15, -0.1) is 0 Å². The number of carbonyl (C=O) groups is 1. The Morgan fingerprint density at radius 1 is 1.33 bits per heavy atom. The summed E-state index contributed by atoms with van der Waals surface area (Å²) in [5.74, 6) is -0.211. The highest BCUT2D eigenvalue weighted by Crippen LogP contribution is 2.02. The number of hydrogen-bond donors (Lipinski definition) is 0. The highest BCUT2D eigenvalue weighted by atomic mass is 16.5. The van der Waals surface area contributed by atoms with Crippen molar-refractivity contribution in [1.82, 2.24) is 0 Å². The maximum absolute atomic E-state index is 9.82. The molecule has 3 nitrogen and oxygen atoms in total. The summed E-state index contributed by atoms with van der Waals surface area (Å²) < 4.78 is 9.34. The van der Waals surface area contributed by atoms with Crippen molar-refractivity contribution in [2.75, 3.05) is 13.7 Å². The molecular weight excluding hydrogens is 156 g/mol. The van der Waals surface area contributed by atoms with Gasteiger partial charge in [-0.2, -0.15) is 0 Å². The summed E-state index contributed by atoms with van der Waals surface area (Å²) in [6.45, 7) is 9.72. The zero-order chi connectivity index (χ0) is 10.2. The first-order valence-electron chi connectivity index (χ1n) is 4.02. The molecule has 0 amide bonds. The summed E-state index contributed by atoms with van der Waals surface area (Å²) in [7, 11) is 1.71. The van der Waals surface area contributed by atoms with Crippen molar-refractivity contribution in [3.05, 3.63) is 0 Å². The maximum Gasteiger partial charge on any atom is 0.302 e. The zero-order valence-electron chi connectivity index (χ0n) is 8.93. The van der Waals surface area contributed by atoms with Gasteiger partial charge in [-0.25, -0.2) is 0 Å². The van der Waals surface area contributed by atoms with Crippen molar-refractivity contribution in [3.63, 3.8) is 0 Å². The maximum atomic E-state index is 9.82. The smallest absolute Gasteiger partial charge is 0.302 e. The SMILES string of the molecule is CCOC(C)=O.COC(C)(C)C. The van der Waals surface area contributed by atoms with Crippen LogP contribution in [-0.4, -0.2) is 25.3 Å². The third-order valence-corrected chi connectivity index (χ3v) is 0.960. The molecule has 0 unspecified atom stereocenters. The van der Waals surface area contributed by atoms with E-state index in [9.17, 15) is 4.79 Å². The van der Waals surface area contributed by atoms with Crippen LogP contribution in [-0.2, 0) is 14.3 Å². The Morgan fingerprint density at radius 2 is 1.67 bits per heavy atom. The average molecular weight is 176 g/mol. The molecule has 0 spiro atoms. The van der Waals surface area contributed by atoms with E-state index in [1.54, 1.807) is 14.0 Å². The molecule has 0 aliphatic heterocycles. The summed E-state index contributed by atoms with van der Waals surface area (Å²) in [5, 5.41) is 0. The fourth-order valence-electron chi connectivity index (χ4n) is 0.203. The lowest BCUT2D eigenvalue weighted by molar-refractivity contribution is -0.140. The van der Waals surface area contributed by atoms with Crippen molar-refractivity contribution >= 4 is 5.97 Å². The molecule has 0 atom stereocenters. The first-order chi connectivity index (χ1) is 5.33. The van der Waals surface area contributed by atoms with Crippen LogP contribution in [0.5, 0.6) is 0 Å². The quantitative estimate of drug-likeness (QED) is 0.573. The third kappa shape index (κ3) is 22.7. The molecule has 0 fully saturated rings. The van der Waals surface area contributed by atoms with Crippen LogP contribution in [0.25, 0.3) is 0 Å². The number of methoxy groups -OCH3 is 1. The van der Waals surface area contributed by atoms with Crippen molar-refractivity contribution in [3.8, 4) is 0 Å². The molecule has 0 heterocycles. The summed E-state index contributed by atoms with van der Waals surface area (Å²) in [4.78, 5) is 9.82. The van der Waals surface area contributed by atoms with Crippen molar-refractivity contribution in [1.29, 1.82) is 0 Å². The van der Waals surface area contributed by atoms with E-state index >= 15 is 0 Å². The molecule has 0 saturated heterocycles. The minimum Gasteiger partial charge on any atom is -0.466 e. The molecule has 0 saturated carbocycles. The molecule has 0 bridgehead atoms. The molecular formula is C9H20O3. The fourth-order valence-corrected chi connectivity index (χ4v) is 0.203. The predicted octanol–water partition coefficient (Wildman–Crippen LogP) is 2.00. The molecule has 0 rings (SSSR count). The Kier molecular flexibility index (Phi) is 8.27. The largest absolute Gasteiger partial charge is 0.466 e. The molecule has 0 radical (unpaired) electrons. The second kappa shape index (κ2) is 7.10. The van der Waals surface area contributed by atoms with Gasteiger partial charge in [0.2, 0.25) is 0 Å². The molecule has 3 heteroatoms. The fraction of sp³-hybridized carbons (Fsp3) is 0.889. The van der Waals surface area contributed by atoms with Gasteiger partial charge in [0, 0.05) is 14.0 Å². The van der Waals surface area contributed by atoms with E-state index in [0.717, 1.165) is 0 Å². The topological polar surface area (TPSA) is 35.5 Å². The van der Waals surface area contributed by atoms with Gasteiger partial charge in [-0.1, -0.05) is 0 Å². The molecule has 74 valence electrons. The zero-order valence-corrected chi connectivity index (χ0v) is 8.93. The lowest BCUT2D eigenvalue weighted by Crippen LogP contribution is -2.15. The van der Waals surface area contributed by atoms with Gasteiger partial charge in [0.1, 0.15) is 0 Å². The Bertz CT molecular complexity index is 113. The van der Waals surface area contributed by atoms with Gasteiger partial charge in [-0.05, 0) is 27.7 Å². The molecule has 12 heavy (non-hydrogen) atoms. The number of carbonyl (C=O) groups excluding carboxylic acids is 1. The van der Waals surface area contributed by atoms with Crippen molar-refractivity contribution in [2.45, 2.75) is 40.2 Å². The van der Waals surface area contributed by atoms with Crippen LogP contribution >= 0.6 is 0 Å². The van der Waals surface area contributed by atoms with E-state index < -0.39 is 0 Å². The molecule has 0 aromatic heterocycles. The summed E-state index contributed by atoms with van der Waals surface area (Å²) >= 11 is 0. The number of hydrogen-bond acceptors (Lipinski definition) is 3. The van der Waals surface area contributed by atoms with Crippen LogP contribution in [0.15, 0.2) is 0 Å². The first kappa shape index (κ1) is 14.0. The minimum absolute atomic E-state index is 0.0417. The van der Waals surface area contributed by atoms with E-state index in [1.165, 1.54) is 6.92 Å². The van der Waals surface area contributed by atoms with Gasteiger partial charge >= 0.3 is 5.97 Å². The predicted molar refractivity (Wildman–Crippen MR) is 49.1 cm³/mol. The number of rotatable bonds is 1. The van der Waals surface area contributed by atoms with Crippen molar-refractivity contribution < 1.29 is 14.3 Å². The van der Waals surface area contributed by atoms with Crippen molar-refractivity contribution in [2.24, 2.45) is 0 Å². The Hall–Kier alpha value is -0.570. The molecule has 0 aromatic rings. The third-order valence-electron chi connectivity index (χ3n) is 0.960. The normalized spacial score (nSPS) is 9.83. The highest BCUT2D eigenvalue weighted by Gasteiger charge is 2.03. The Balaban J connectivity index is 0. The average Bonchev–Trinajstić information content (AvgIpc) is 1.87. The monoisotopic (exact) mass is 176 g/mol. The Labute approximate surface area is 75.1 Å². The van der Waals surface area contributed by atoms with Gasteiger partial charge in [0.15, 0.2) is 0 Å².